The zero-order valence-corrected chi connectivity index (χ0v) is 14.3. The third kappa shape index (κ3) is 3.13. The van der Waals surface area contributed by atoms with E-state index in [9.17, 15) is 4.79 Å². The van der Waals surface area contributed by atoms with Crippen molar-refractivity contribution >= 4 is 5.91 Å². The monoisotopic (exact) mass is 320 g/mol. The van der Waals surface area contributed by atoms with Gasteiger partial charge in [0, 0.05) is 31.5 Å². The van der Waals surface area contributed by atoms with Crippen molar-refractivity contribution in [3.8, 4) is 0 Å². The minimum absolute atomic E-state index is 0.199. The van der Waals surface area contributed by atoms with Gasteiger partial charge in [-0.3, -0.25) is 9.48 Å². The van der Waals surface area contributed by atoms with Crippen molar-refractivity contribution in [2.75, 3.05) is 13.7 Å². The van der Waals surface area contributed by atoms with E-state index in [1.807, 2.05) is 11.9 Å². The Morgan fingerprint density at radius 2 is 2.17 bits per heavy atom. The first-order valence-corrected chi connectivity index (χ1v) is 8.87. The first kappa shape index (κ1) is 16.4. The van der Waals surface area contributed by atoms with Crippen LogP contribution in [0.5, 0.6) is 0 Å². The summed E-state index contributed by atoms with van der Waals surface area (Å²) in [5.74, 6) is 0.199. The highest BCUT2D eigenvalue weighted by atomic mass is 16.5. The van der Waals surface area contributed by atoms with Gasteiger partial charge >= 0.3 is 0 Å². The van der Waals surface area contributed by atoms with Gasteiger partial charge in [0.15, 0.2) is 0 Å². The molecule has 0 aliphatic heterocycles. The fraction of sp³-hybridized carbons (Fsp3) is 0.824. The molecule has 6 heteroatoms. The van der Waals surface area contributed by atoms with Gasteiger partial charge < -0.3 is 9.64 Å². The molecular formula is C17H28N4O2. The summed E-state index contributed by atoms with van der Waals surface area (Å²) in [5, 5.41) is 4.06. The predicted octanol–water partition coefficient (Wildman–Crippen LogP) is 2.25. The Labute approximate surface area is 138 Å². The number of aromatic nitrogens is 3. The molecule has 0 bridgehead atoms. The normalized spacial score (nSPS) is 26.0. The van der Waals surface area contributed by atoms with Crippen molar-refractivity contribution in [3.63, 3.8) is 0 Å². The highest BCUT2D eigenvalue weighted by Gasteiger charge is 2.57. The lowest BCUT2D eigenvalue weighted by molar-refractivity contribution is -0.185. The highest BCUT2D eigenvalue weighted by Crippen LogP contribution is 2.55. The molecular weight excluding hydrogens is 292 g/mol. The maximum Gasteiger partial charge on any atom is 0.224 e. The number of hydrogen-bond donors (Lipinski definition) is 0. The van der Waals surface area contributed by atoms with Gasteiger partial charge in [-0.15, -0.1) is 0 Å². The Morgan fingerprint density at radius 1 is 1.39 bits per heavy atom. The molecule has 23 heavy (non-hydrogen) atoms. The van der Waals surface area contributed by atoms with Crippen LogP contribution in [0.3, 0.4) is 0 Å². The second kappa shape index (κ2) is 6.99. The molecule has 2 saturated carbocycles. The molecule has 2 aliphatic rings. The van der Waals surface area contributed by atoms with E-state index in [4.69, 9.17) is 4.74 Å². The van der Waals surface area contributed by atoms with E-state index in [2.05, 4.69) is 17.0 Å². The Morgan fingerprint density at radius 3 is 2.83 bits per heavy atom. The summed E-state index contributed by atoms with van der Waals surface area (Å²) < 4.78 is 7.70. The van der Waals surface area contributed by atoms with Crippen LogP contribution in [-0.4, -0.2) is 51.4 Å². The minimum atomic E-state index is 0.199. The summed E-state index contributed by atoms with van der Waals surface area (Å²) >= 11 is 0. The smallest absolute Gasteiger partial charge is 0.224 e. The lowest BCUT2D eigenvalue weighted by atomic mass is 9.54. The van der Waals surface area contributed by atoms with Gasteiger partial charge in [-0.05, 0) is 26.2 Å². The lowest BCUT2D eigenvalue weighted by Gasteiger charge is -2.60. The van der Waals surface area contributed by atoms with Crippen LogP contribution in [0.4, 0.5) is 0 Å². The quantitative estimate of drug-likeness (QED) is 0.806. The number of carbonyl (C=O) groups excluding carboxylic acids is 1. The molecule has 1 heterocycles. The van der Waals surface area contributed by atoms with Crippen LogP contribution in [0, 0.1) is 5.41 Å². The second-order valence-corrected chi connectivity index (χ2v) is 6.90. The average molecular weight is 320 g/mol. The predicted molar refractivity (Wildman–Crippen MR) is 86.7 cm³/mol. The maximum absolute atomic E-state index is 12.6. The summed E-state index contributed by atoms with van der Waals surface area (Å²) in [7, 11) is 1.97. The van der Waals surface area contributed by atoms with Crippen LogP contribution in [-0.2, 0) is 16.1 Å². The Hall–Kier alpha value is -1.43. The number of nitrogens with zero attached hydrogens (tertiary/aromatic N) is 4. The largest absolute Gasteiger partial charge is 0.378 e. The van der Waals surface area contributed by atoms with Gasteiger partial charge in [0.25, 0.3) is 0 Å². The van der Waals surface area contributed by atoms with Gasteiger partial charge in [0.2, 0.25) is 5.91 Å². The van der Waals surface area contributed by atoms with Gasteiger partial charge in [-0.1, -0.05) is 19.3 Å². The molecule has 1 aromatic rings. The molecule has 0 unspecified atom stereocenters. The van der Waals surface area contributed by atoms with Crippen LogP contribution in [0.15, 0.2) is 12.7 Å². The fourth-order valence-corrected chi connectivity index (χ4v) is 4.48. The summed E-state index contributed by atoms with van der Waals surface area (Å²) in [6.45, 7) is 3.43. The summed E-state index contributed by atoms with van der Waals surface area (Å²) in [5.41, 5.74) is 0.200. The molecule has 1 spiro atoms. The van der Waals surface area contributed by atoms with Crippen LogP contribution in [0.25, 0.3) is 0 Å². The summed E-state index contributed by atoms with van der Waals surface area (Å²) in [4.78, 5) is 18.5. The molecule has 0 aromatic carbocycles. The molecule has 128 valence electrons. The molecule has 2 atom stereocenters. The Balaban J connectivity index is 1.61. The third-order valence-corrected chi connectivity index (χ3v) is 5.78. The summed E-state index contributed by atoms with van der Waals surface area (Å²) in [6, 6.07) is 0.336. The van der Waals surface area contributed by atoms with Crippen LogP contribution in [0.1, 0.15) is 51.9 Å². The number of carbonyl (C=O) groups is 1. The lowest BCUT2D eigenvalue weighted by Crippen LogP contribution is -2.65. The third-order valence-electron chi connectivity index (χ3n) is 5.78. The molecule has 0 N–H and O–H groups in total. The number of amides is 1. The van der Waals surface area contributed by atoms with Crippen molar-refractivity contribution in [1.29, 1.82) is 0 Å². The Kier molecular flexibility index (Phi) is 4.99. The average Bonchev–Trinajstić information content (AvgIpc) is 3.10. The number of ether oxygens (including phenoxy) is 1. The van der Waals surface area contributed by atoms with Gasteiger partial charge in [0.05, 0.1) is 12.6 Å². The van der Waals surface area contributed by atoms with E-state index >= 15 is 0 Å². The molecule has 0 saturated heterocycles. The number of hydrogen-bond acceptors (Lipinski definition) is 4. The van der Waals surface area contributed by atoms with Crippen molar-refractivity contribution in [1.82, 2.24) is 19.7 Å². The second-order valence-electron chi connectivity index (χ2n) is 6.90. The molecule has 3 rings (SSSR count). The van der Waals surface area contributed by atoms with Crippen LogP contribution >= 0.6 is 0 Å². The highest BCUT2D eigenvalue weighted by molar-refractivity contribution is 5.76. The van der Waals surface area contributed by atoms with Gasteiger partial charge in [0.1, 0.15) is 12.7 Å². The van der Waals surface area contributed by atoms with Crippen molar-refractivity contribution in [3.05, 3.63) is 12.7 Å². The van der Waals surface area contributed by atoms with E-state index in [1.54, 1.807) is 11.0 Å². The number of rotatable bonds is 6. The van der Waals surface area contributed by atoms with Crippen molar-refractivity contribution in [2.45, 2.75) is 70.6 Å². The van der Waals surface area contributed by atoms with Crippen LogP contribution < -0.4 is 0 Å². The molecule has 2 aliphatic carbocycles. The molecule has 1 aromatic heterocycles. The van der Waals surface area contributed by atoms with E-state index < -0.39 is 0 Å². The van der Waals surface area contributed by atoms with Crippen LogP contribution in [0.2, 0.25) is 0 Å². The first-order valence-electron chi connectivity index (χ1n) is 8.87. The van der Waals surface area contributed by atoms with Crippen molar-refractivity contribution < 1.29 is 9.53 Å². The topological polar surface area (TPSA) is 60.2 Å². The summed E-state index contributed by atoms with van der Waals surface area (Å²) in [6.07, 6.45) is 11.2. The van der Waals surface area contributed by atoms with Gasteiger partial charge in [-0.25, -0.2) is 4.98 Å². The number of aryl methyl sites for hydroxylation is 1. The first-order chi connectivity index (χ1) is 11.2. The van der Waals surface area contributed by atoms with E-state index in [1.165, 1.54) is 38.4 Å². The van der Waals surface area contributed by atoms with E-state index in [0.29, 0.717) is 25.1 Å². The minimum Gasteiger partial charge on any atom is -0.378 e. The molecule has 0 radical (unpaired) electrons. The Bertz CT molecular complexity index is 511. The zero-order valence-electron chi connectivity index (χ0n) is 14.3. The SMILES string of the molecule is CCO[C@H]1C[C@@H](N(C)C(=O)CCn2cncn2)C12CCCCC2. The molecule has 2 fully saturated rings. The standard InChI is InChI=1S/C17H28N4O2/c1-3-23-15-11-14(17(15)8-5-4-6-9-17)20(2)16(22)7-10-21-13-18-12-19-21/h12-15H,3-11H2,1-2H3/t14-,15+/m1/s1. The maximum atomic E-state index is 12.6. The fourth-order valence-electron chi connectivity index (χ4n) is 4.48. The molecule has 6 nitrogen and oxygen atoms in total. The zero-order chi connectivity index (χ0) is 16.3. The molecule has 1 amide bonds. The van der Waals surface area contributed by atoms with E-state index in [0.717, 1.165) is 13.0 Å². The van der Waals surface area contributed by atoms with Crippen molar-refractivity contribution in [2.24, 2.45) is 5.41 Å². The van der Waals surface area contributed by atoms with Gasteiger partial charge in [-0.2, -0.15) is 5.10 Å². The van der Waals surface area contributed by atoms with E-state index in [-0.39, 0.29) is 11.3 Å².